The molecule has 1 aromatic rings. The molecule has 0 aromatic heterocycles. The number of phenols is 2. The Bertz CT molecular complexity index is 705. The lowest BCUT2D eigenvalue weighted by molar-refractivity contribution is -0.304. The highest BCUT2D eigenvalue weighted by atomic mass is 16.7. The van der Waals surface area contributed by atoms with Gasteiger partial charge >= 0.3 is 5.97 Å². The third-order valence-corrected chi connectivity index (χ3v) is 4.13. The fraction of sp³-hybridized carbons (Fsp3) is 0.500. The van der Waals surface area contributed by atoms with Crippen molar-refractivity contribution in [1.82, 2.24) is 0 Å². The fourth-order valence-corrected chi connectivity index (χ4v) is 2.49. The van der Waals surface area contributed by atoms with E-state index in [9.17, 15) is 35.4 Å². The molecule has 6 atom stereocenters. The van der Waals surface area contributed by atoms with Gasteiger partial charge in [0.15, 0.2) is 17.8 Å². The highest BCUT2D eigenvalue weighted by molar-refractivity contribution is 5.87. The Labute approximate surface area is 165 Å². The van der Waals surface area contributed by atoms with Gasteiger partial charge in [-0.1, -0.05) is 6.07 Å². The maximum atomic E-state index is 11.7. The highest BCUT2D eigenvalue weighted by Crippen LogP contribution is 2.25. The molecule has 162 valence electrons. The Balaban J connectivity index is 1.76. The third-order valence-electron chi connectivity index (χ3n) is 4.13. The van der Waals surface area contributed by atoms with Crippen molar-refractivity contribution >= 4 is 12.0 Å². The first kappa shape index (κ1) is 23.0. The quantitative estimate of drug-likeness (QED) is 0.139. The second-order valence-electron chi connectivity index (χ2n) is 6.40. The number of aliphatic hydroxyl groups excluding tert-OH is 5. The minimum atomic E-state index is -1.61. The Morgan fingerprint density at radius 1 is 1.10 bits per heavy atom. The van der Waals surface area contributed by atoms with Crippen LogP contribution in [0.3, 0.4) is 0 Å². The molecule has 1 aliphatic heterocycles. The van der Waals surface area contributed by atoms with Gasteiger partial charge in [0.05, 0.1) is 13.2 Å². The van der Waals surface area contributed by atoms with Crippen LogP contribution < -0.4 is 0 Å². The van der Waals surface area contributed by atoms with E-state index in [4.69, 9.17) is 19.3 Å². The van der Waals surface area contributed by atoms with Crippen LogP contribution in [0, 0.1) is 0 Å². The largest absolute Gasteiger partial charge is 0.504 e. The molecule has 0 radical (unpaired) electrons. The summed E-state index contributed by atoms with van der Waals surface area (Å²) in [6.45, 7) is -1.48. The zero-order chi connectivity index (χ0) is 21.6. The number of carbonyl (C=O) groups excluding carboxylic acids is 1. The van der Waals surface area contributed by atoms with Gasteiger partial charge < -0.3 is 50.0 Å². The van der Waals surface area contributed by atoms with E-state index >= 15 is 0 Å². The van der Waals surface area contributed by atoms with Gasteiger partial charge in [0, 0.05) is 6.08 Å². The first-order chi connectivity index (χ1) is 13.7. The third kappa shape index (κ3) is 6.37. The van der Waals surface area contributed by atoms with Gasteiger partial charge in [-0.3, -0.25) is 0 Å². The summed E-state index contributed by atoms with van der Waals surface area (Å²) in [5.74, 6) is -1.43. The normalized spacial score (nSPS) is 28.4. The van der Waals surface area contributed by atoms with Gasteiger partial charge in [0.1, 0.15) is 37.1 Å². The van der Waals surface area contributed by atoms with Gasteiger partial charge in [-0.05, 0) is 23.8 Å². The van der Waals surface area contributed by atoms with E-state index in [1.54, 1.807) is 0 Å². The van der Waals surface area contributed by atoms with Crippen molar-refractivity contribution in [2.75, 3.05) is 19.8 Å². The summed E-state index contributed by atoms with van der Waals surface area (Å²) in [5.41, 5.74) is 0.434. The van der Waals surface area contributed by atoms with Gasteiger partial charge in [-0.15, -0.1) is 0 Å². The summed E-state index contributed by atoms with van der Waals surface area (Å²) in [5, 5.41) is 66.6. The van der Waals surface area contributed by atoms with E-state index in [2.05, 4.69) is 0 Å². The Hall–Kier alpha value is -2.25. The molecule has 1 aliphatic rings. The first-order valence-electron chi connectivity index (χ1n) is 8.70. The average Bonchev–Trinajstić information content (AvgIpc) is 2.70. The zero-order valence-electron chi connectivity index (χ0n) is 15.2. The number of aliphatic hydroxyl groups is 5. The van der Waals surface area contributed by atoms with Crippen molar-refractivity contribution in [3.05, 3.63) is 29.8 Å². The van der Waals surface area contributed by atoms with Crippen LogP contribution in [0.4, 0.5) is 0 Å². The summed E-state index contributed by atoms with van der Waals surface area (Å²) in [7, 11) is 0. The second kappa shape index (κ2) is 10.5. The van der Waals surface area contributed by atoms with E-state index in [1.807, 2.05) is 0 Å². The smallest absolute Gasteiger partial charge is 0.330 e. The molecule has 11 heteroatoms. The number of rotatable bonds is 8. The van der Waals surface area contributed by atoms with Crippen molar-refractivity contribution in [1.29, 1.82) is 0 Å². The van der Waals surface area contributed by atoms with Crippen LogP contribution in [-0.2, 0) is 19.0 Å². The molecule has 11 nitrogen and oxygen atoms in total. The number of benzene rings is 1. The van der Waals surface area contributed by atoms with Crippen LogP contribution in [0.1, 0.15) is 5.56 Å². The topological polar surface area (TPSA) is 186 Å². The summed E-state index contributed by atoms with van der Waals surface area (Å²) >= 11 is 0. The van der Waals surface area contributed by atoms with Crippen molar-refractivity contribution in [2.24, 2.45) is 0 Å². The maximum absolute atomic E-state index is 11.7. The molecule has 0 spiro atoms. The minimum absolute atomic E-state index is 0.299. The van der Waals surface area contributed by atoms with E-state index in [1.165, 1.54) is 24.3 Å². The van der Waals surface area contributed by atoms with Crippen LogP contribution in [-0.4, -0.2) is 98.3 Å². The van der Waals surface area contributed by atoms with Gasteiger partial charge in [-0.2, -0.15) is 0 Å². The Morgan fingerprint density at radius 2 is 1.83 bits per heavy atom. The second-order valence-corrected chi connectivity index (χ2v) is 6.40. The average molecular weight is 416 g/mol. The molecule has 1 aromatic carbocycles. The molecular weight excluding hydrogens is 392 g/mol. The van der Waals surface area contributed by atoms with Crippen LogP contribution in [0.2, 0.25) is 0 Å². The van der Waals surface area contributed by atoms with Crippen LogP contribution in [0.5, 0.6) is 11.5 Å². The van der Waals surface area contributed by atoms with Crippen LogP contribution in [0.25, 0.3) is 6.08 Å². The first-order valence-corrected chi connectivity index (χ1v) is 8.70. The molecular formula is C18H24O11. The number of ether oxygens (including phenoxy) is 3. The number of esters is 1. The summed E-state index contributed by atoms with van der Waals surface area (Å²) < 4.78 is 15.1. The number of hydrogen-bond donors (Lipinski definition) is 7. The maximum Gasteiger partial charge on any atom is 0.330 e. The molecule has 1 heterocycles. The molecule has 0 aliphatic carbocycles. The van der Waals surface area contributed by atoms with Gasteiger partial charge in [0.2, 0.25) is 0 Å². The van der Waals surface area contributed by atoms with Crippen LogP contribution >= 0.6 is 0 Å². The lowest BCUT2D eigenvalue weighted by atomic mass is 9.99. The molecule has 1 fully saturated rings. The molecule has 1 saturated heterocycles. The lowest BCUT2D eigenvalue weighted by Crippen LogP contribution is -2.59. The fourth-order valence-electron chi connectivity index (χ4n) is 2.49. The molecule has 0 saturated carbocycles. The standard InChI is InChI=1S/C18H24O11/c19-6-13-15(24)16(25)17(26)18(29-13)28-8-10(20)7-27-14(23)4-2-9-1-3-11(21)12(22)5-9/h1-5,10,13,15-22,24-26H,6-8H2. The van der Waals surface area contributed by atoms with E-state index < -0.39 is 62.6 Å². The number of carbonyl (C=O) groups is 1. The minimum Gasteiger partial charge on any atom is -0.504 e. The number of hydrogen-bond acceptors (Lipinski definition) is 11. The molecule has 0 amide bonds. The van der Waals surface area contributed by atoms with Crippen molar-refractivity contribution < 1.29 is 54.8 Å². The number of aromatic hydroxyl groups is 2. The Morgan fingerprint density at radius 3 is 2.48 bits per heavy atom. The van der Waals surface area contributed by atoms with E-state index in [0.717, 1.165) is 6.08 Å². The summed E-state index contributed by atoms with van der Waals surface area (Å²) in [6, 6.07) is 3.95. The SMILES string of the molecule is O=C(C=Cc1ccc(O)c(O)c1)OCC(O)COC1OC(CO)C(O)C(O)C1O. The molecule has 2 rings (SSSR count). The van der Waals surface area contributed by atoms with E-state index in [0.29, 0.717) is 5.56 Å². The predicted molar refractivity (Wildman–Crippen MR) is 95.5 cm³/mol. The molecule has 7 N–H and O–H groups in total. The monoisotopic (exact) mass is 416 g/mol. The molecule has 0 bridgehead atoms. The van der Waals surface area contributed by atoms with Crippen LogP contribution in [0.15, 0.2) is 24.3 Å². The van der Waals surface area contributed by atoms with Crippen molar-refractivity contribution in [3.63, 3.8) is 0 Å². The van der Waals surface area contributed by atoms with Crippen molar-refractivity contribution in [2.45, 2.75) is 36.8 Å². The molecule has 29 heavy (non-hydrogen) atoms. The van der Waals surface area contributed by atoms with Gasteiger partial charge in [-0.25, -0.2) is 4.79 Å². The summed E-state index contributed by atoms with van der Waals surface area (Å²) in [4.78, 5) is 11.7. The van der Waals surface area contributed by atoms with Crippen molar-refractivity contribution in [3.8, 4) is 11.5 Å². The summed E-state index contributed by atoms with van der Waals surface area (Å²) in [6.07, 6.45) is -6.18. The number of phenolic OH excluding ortho intramolecular Hbond substituents is 2. The van der Waals surface area contributed by atoms with Gasteiger partial charge in [0.25, 0.3) is 0 Å². The Kier molecular flexibility index (Phi) is 8.34. The predicted octanol–water partition coefficient (Wildman–Crippen LogP) is -2.17. The lowest BCUT2D eigenvalue weighted by Gasteiger charge is -2.39. The molecule has 6 unspecified atom stereocenters. The highest BCUT2D eigenvalue weighted by Gasteiger charge is 2.44. The van der Waals surface area contributed by atoms with E-state index in [-0.39, 0.29) is 11.5 Å². The zero-order valence-corrected chi connectivity index (χ0v) is 15.2.